The summed E-state index contributed by atoms with van der Waals surface area (Å²) in [5.41, 5.74) is 21.7. The average Bonchev–Trinajstić information content (AvgIpc) is 3.33. The Bertz CT molecular complexity index is 3430. The Morgan fingerprint density at radius 1 is 0.274 bits per heavy atom. The van der Waals surface area contributed by atoms with Crippen molar-refractivity contribution in [1.82, 2.24) is 0 Å². The van der Waals surface area contributed by atoms with E-state index < -0.39 is 0 Å². The van der Waals surface area contributed by atoms with Gasteiger partial charge >= 0.3 is 0 Å². The summed E-state index contributed by atoms with van der Waals surface area (Å²) in [6.45, 7) is -0.0621. The summed E-state index contributed by atoms with van der Waals surface area (Å²) in [7, 11) is 0. The van der Waals surface area contributed by atoms with Gasteiger partial charge in [0.2, 0.25) is 0 Å². The number of para-hydroxylation sites is 6. The van der Waals surface area contributed by atoms with E-state index in [4.69, 9.17) is 9.47 Å². The standard InChI is InChI=1S/C54H32B3N3O2/c1-3-16-33(17-4-1)58-41-24-11-7-20-35(41)56-39-30-40-48(31-46(39)59(34-18-5-2-6-19-34)45-28-15-27-44(58)51(45)56)62-50-32-49-52-54-53(50)57(40)37-22-9-13-26-43(37)60(54)42-25-12-8-21-36(42)55(52)38-23-10-14-29-47(38)61-49/h1-32H. The van der Waals surface area contributed by atoms with Crippen LogP contribution in [0.5, 0.6) is 23.0 Å². The van der Waals surface area contributed by atoms with E-state index in [1.54, 1.807) is 0 Å². The van der Waals surface area contributed by atoms with Crippen LogP contribution < -0.4 is 73.3 Å². The van der Waals surface area contributed by atoms with E-state index in [0.29, 0.717) is 0 Å². The van der Waals surface area contributed by atoms with Crippen LogP contribution >= 0.6 is 0 Å². The molecule has 5 nitrogen and oxygen atoms in total. The van der Waals surface area contributed by atoms with Crippen LogP contribution in [0.4, 0.5) is 51.2 Å². The average molecular weight is 787 g/mol. The Balaban J connectivity index is 1.02. The number of benzene rings is 9. The van der Waals surface area contributed by atoms with Crippen LogP contribution in [-0.4, -0.2) is 20.1 Å². The molecule has 0 bridgehead atoms. The van der Waals surface area contributed by atoms with Crippen molar-refractivity contribution in [2.45, 2.75) is 0 Å². The SMILES string of the molecule is c1ccc(N2c3ccccc3B3c4cc5c(cc4N(c4ccccc4)c4cccc2c43)Oc2cc3c4c6c2B5c2ccccc2N6c2ccccc2B4c2ccccc2O3)cc1. The van der Waals surface area contributed by atoms with Crippen molar-refractivity contribution in [3.63, 3.8) is 0 Å². The van der Waals surface area contributed by atoms with Crippen molar-refractivity contribution >= 4 is 120 Å². The summed E-state index contributed by atoms with van der Waals surface area (Å²) >= 11 is 0. The summed E-state index contributed by atoms with van der Waals surface area (Å²) in [4.78, 5) is 7.40. The van der Waals surface area contributed by atoms with Crippen LogP contribution in [0, 0.1) is 0 Å². The monoisotopic (exact) mass is 787 g/mol. The first-order chi connectivity index (χ1) is 30.8. The normalized spacial score (nSPS) is 14.5. The molecule has 0 radical (unpaired) electrons. The lowest BCUT2D eigenvalue weighted by atomic mass is 9.28. The summed E-state index contributed by atoms with van der Waals surface area (Å²) in [5.74, 6) is 3.47. The molecule has 284 valence electrons. The van der Waals surface area contributed by atoms with Gasteiger partial charge in [-0.15, -0.1) is 0 Å². The van der Waals surface area contributed by atoms with Crippen LogP contribution in [0.3, 0.4) is 0 Å². The minimum Gasteiger partial charge on any atom is -0.458 e. The second kappa shape index (κ2) is 11.9. The molecule has 6 aliphatic rings. The largest absolute Gasteiger partial charge is 0.458 e. The molecule has 0 amide bonds. The van der Waals surface area contributed by atoms with Gasteiger partial charge in [-0.2, -0.15) is 0 Å². The predicted octanol–water partition coefficient (Wildman–Crippen LogP) is 7.11. The Morgan fingerprint density at radius 3 is 1.34 bits per heavy atom. The van der Waals surface area contributed by atoms with Gasteiger partial charge < -0.3 is 24.2 Å². The highest BCUT2D eigenvalue weighted by Gasteiger charge is 2.51. The smallest absolute Gasteiger partial charge is 0.256 e. The molecule has 0 saturated heterocycles. The third kappa shape index (κ3) is 4.12. The van der Waals surface area contributed by atoms with E-state index in [0.717, 1.165) is 40.1 Å². The molecule has 0 atom stereocenters. The molecule has 6 aliphatic heterocycles. The van der Waals surface area contributed by atoms with E-state index >= 15 is 0 Å². The molecule has 9 aromatic carbocycles. The molecule has 0 unspecified atom stereocenters. The molecule has 0 N–H and O–H groups in total. The molecule has 0 aliphatic carbocycles. The molecular formula is C54H32B3N3O2. The number of nitrogens with zero attached hydrogens (tertiary/aromatic N) is 3. The fraction of sp³-hybridized carbons (Fsp3) is 0. The van der Waals surface area contributed by atoms with Gasteiger partial charge in [0.05, 0.1) is 0 Å². The second-order valence-electron chi connectivity index (χ2n) is 17.1. The van der Waals surface area contributed by atoms with Gasteiger partial charge in [0.15, 0.2) is 0 Å². The van der Waals surface area contributed by atoms with Gasteiger partial charge in [-0.05, 0) is 110 Å². The number of rotatable bonds is 2. The van der Waals surface area contributed by atoms with E-state index in [9.17, 15) is 0 Å². The van der Waals surface area contributed by atoms with Crippen LogP contribution in [-0.2, 0) is 0 Å². The summed E-state index contributed by atoms with van der Waals surface area (Å²) in [5, 5.41) is 0. The van der Waals surface area contributed by atoms with Crippen LogP contribution in [0.1, 0.15) is 0 Å². The molecule has 8 heteroatoms. The van der Waals surface area contributed by atoms with Crippen molar-refractivity contribution < 1.29 is 9.47 Å². The van der Waals surface area contributed by atoms with Gasteiger partial charge in [0, 0.05) is 63.3 Å². The van der Waals surface area contributed by atoms with E-state index in [1.807, 2.05) is 0 Å². The van der Waals surface area contributed by atoms with Gasteiger partial charge in [-0.25, -0.2) is 0 Å². The molecule has 0 spiro atoms. The third-order valence-electron chi connectivity index (χ3n) is 14.1. The Morgan fingerprint density at radius 2 is 0.726 bits per heavy atom. The summed E-state index contributed by atoms with van der Waals surface area (Å²) in [6, 6.07) is 70.9. The predicted molar refractivity (Wildman–Crippen MR) is 257 cm³/mol. The number of ether oxygens (including phenoxy) is 2. The highest BCUT2D eigenvalue weighted by molar-refractivity contribution is 7.05. The van der Waals surface area contributed by atoms with Crippen LogP contribution in [0.25, 0.3) is 0 Å². The molecule has 0 saturated carbocycles. The number of hydrogen-bond acceptors (Lipinski definition) is 5. The maximum absolute atomic E-state index is 7.34. The molecule has 15 rings (SSSR count). The van der Waals surface area contributed by atoms with Crippen LogP contribution in [0.2, 0.25) is 0 Å². The first-order valence-corrected chi connectivity index (χ1v) is 21.5. The highest BCUT2D eigenvalue weighted by atomic mass is 16.5. The fourth-order valence-corrected chi connectivity index (χ4v) is 11.8. The van der Waals surface area contributed by atoms with Crippen molar-refractivity contribution in [2.75, 3.05) is 14.7 Å². The topological polar surface area (TPSA) is 28.2 Å². The number of anilines is 9. The quantitative estimate of drug-likeness (QED) is 0.175. The van der Waals surface area contributed by atoms with E-state index in [-0.39, 0.29) is 20.1 Å². The van der Waals surface area contributed by atoms with Gasteiger partial charge in [0.1, 0.15) is 23.0 Å². The molecular weight excluding hydrogens is 755 g/mol. The fourth-order valence-electron chi connectivity index (χ4n) is 11.8. The maximum atomic E-state index is 7.34. The minimum atomic E-state index is -0.0728. The second-order valence-corrected chi connectivity index (χ2v) is 17.1. The molecule has 9 aromatic rings. The highest BCUT2D eigenvalue weighted by Crippen LogP contribution is 2.48. The molecule has 0 aromatic heterocycles. The Kier molecular flexibility index (Phi) is 6.34. The molecule has 62 heavy (non-hydrogen) atoms. The van der Waals surface area contributed by atoms with Crippen molar-refractivity contribution in [3.8, 4) is 23.0 Å². The minimum absolute atomic E-state index is 0.0163. The lowest BCUT2D eigenvalue weighted by molar-refractivity contribution is 0.466. The Labute approximate surface area is 360 Å². The zero-order chi connectivity index (χ0) is 40.2. The zero-order valence-corrected chi connectivity index (χ0v) is 33.4. The van der Waals surface area contributed by atoms with Crippen molar-refractivity contribution in [3.05, 3.63) is 194 Å². The van der Waals surface area contributed by atoms with Gasteiger partial charge in [0.25, 0.3) is 20.1 Å². The van der Waals surface area contributed by atoms with Gasteiger partial charge in [-0.3, -0.25) is 0 Å². The first-order valence-electron chi connectivity index (χ1n) is 21.5. The third-order valence-corrected chi connectivity index (χ3v) is 14.1. The van der Waals surface area contributed by atoms with E-state index in [1.165, 1.54) is 83.3 Å². The Hall–Kier alpha value is -7.83. The van der Waals surface area contributed by atoms with Crippen LogP contribution in [0.15, 0.2) is 194 Å². The van der Waals surface area contributed by atoms with Crippen molar-refractivity contribution in [2.24, 2.45) is 0 Å². The van der Waals surface area contributed by atoms with Gasteiger partial charge in [-0.1, -0.05) is 121 Å². The molecule has 0 fully saturated rings. The summed E-state index contributed by atoms with van der Waals surface area (Å²) < 4.78 is 14.2. The zero-order valence-electron chi connectivity index (χ0n) is 33.4. The number of fused-ring (bicyclic) bond motifs is 14. The lowest BCUT2D eigenvalue weighted by Crippen LogP contribution is -2.68. The van der Waals surface area contributed by atoms with Crippen molar-refractivity contribution in [1.29, 1.82) is 0 Å². The number of hydrogen-bond donors (Lipinski definition) is 0. The first kappa shape index (κ1) is 33.0. The lowest BCUT2D eigenvalue weighted by Gasteiger charge is -2.47. The maximum Gasteiger partial charge on any atom is 0.256 e. The summed E-state index contributed by atoms with van der Waals surface area (Å²) in [6.07, 6.45) is 0. The van der Waals surface area contributed by atoms with E-state index in [2.05, 4.69) is 209 Å². The molecule has 6 heterocycles.